The van der Waals surface area contributed by atoms with Gasteiger partial charge in [-0.3, -0.25) is 4.90 Å². The normalized spacial score (nSPS) is 15.2. The van der Waals surface area contributed by atoms with E-state index in [1.165, 1.54) is 5.69 Å². The first-order valence-corrected chi connectivity index (χ1v) is 9.89. The lowest BCUT2D eigenvalue weighted by atomic mass is 10.1. The van der Waals surface area contributed by atoms with E-state index in [0.29, 0.717) is 0 Å². The van der Waals surface area contributed by atoms with Crippen LogP contribution in [0.2, 0.25) is 5.02 Å². The van der Waals surface area contributed by atoms with Crippen LogP contribution in [0, 0.1) is 0 Å². The number of para-hydroxylation sites is 1. The van der Waals surface area contributed by atoms with Crippen molar-refractivity contribution in [3.05, 3.63) is 71.4 Å². The Morgan fingerprint density at radius 2 is 1.67 bits per heavy atom. The lowest BCUT2D eigenvalue weighted by Crippen LogP contribution is -2.46. The highest BCUT2D eigenvalue weighted by Crippen LogP contribution is 2.22. The molecule has 1 aliphatic rings. The highest BCUT2D eigenvalue weighted by atomic mass is 35.5. The maximum absolute atomic E-state index is 5.94. The summed E-state index contributed by atoms with van der Waals surface area (Å²) in [5.74, 6) is 0.947. The zero-order valence-corrected chi connectivity index (χ0v) is 16.1. The highest BCUT2D eigenvalue weighted by Gasteiger charge is 2.17. The summed E-state index contributed by atoms with van der Waals surface area (Å²) in [6.07, 6.45) is 2.00. The molecular formula is C22H24ClN3O. The predicted octanol–water partition coefficient (Wildman–Crippen LogP) is 4.75. The van der Waals surface area contributed by atoms with Crippen LogP contribution < -0.4 is 4.90 Å². The van der Waals surface area contributed by atoms with E-state index in [-0.39, 0.29) is 0 Å². The van der Waals surface area contributed by atoms with E-state index in [9.17, 15) is 0 Å². The second-order valence-electron chi connectivity index (χ2n) is 6.95. The van der Waals surface area contributed by atoms with Crippen molar-refractivity contribution in [2.24, 2.45) is 0 Å². The Hall–Kier alpha value is -2.30. The minimum atomic E-state index is 0.731. The molecule has 4 rings (SSSR count). The van der Waals surface area contributed by atoms with Crippen molar-refractivity contribution in [2.75, 3.05) is 37.6 Å². The molecule has 0 aliphatic carbocycles. The number of piperazine rings is 1. The zero-order chi connectivity index (χ0) is 18.5. The standard InChI is InChI=1S/C22H24ClN3O/c23-19-10-8-18(9-11-19)22-17-21(27-24-22)7-4-12-25-13-15-26(16-14-25)20-5-2-1-3-6-20/h1-3,5-6,8-11,17H,4,7,12-16H2. The molecule has 140 valence electrons. The number of aromatic nitrogens is 1. The van der Waals surface area contributed by atoms with Gasteiger partial charge in [0.05, 0.1) is 0 Å². The predicted molar refractivity (Wildman–Crippen MR) is 110 cm³/mol. The minimum Gasteiger partial charge on any atom is -0.369 e. The summed E-state index contributed by atoms with van der Waals surface area (Å²) in [6.45, 7) is 5.50. The van der Waals surface area contributed by atoms with Crippen molar-refractivity contribution in [1.29, 1.82) is 0 Å². The van der Waals surface area contributed by atoms with Gasteiger partial charge >= 0.3 is 0 Å². The number of nitrogens with zero attached hydrogens (tertiary/aromatic N) is 3. The van der Waals surface area contributed by atoms with E-state index >= 15 is 0 Å². The van der Waals surface area contributed by atoms with Gasteiger partial charge in [0.15, 0.2) is 0 Å². The molecular weight excluding hydrogens is 358 g/mol. The van der Waals surface area contributed by atoms with E-state index < -0.39 is 0 Å². The van der Waals surface area contributed by atoms with Crippen LogP contribution >= 0.6 is 11.6 Å². The molecule has 27 heavy (non-hydrogen) atoms. The first kappa shape index (κ1) is 18.1. The van der Waals surface area contributed by atoms with Crippen LogP contribution in [-0.4, -0.2) is 42.8 Å². The fourth-order valence-electron chi connectivity index (χ4n) is 3.53. The maximum Gasteiger partial charge on any atom is 0.137 e. The molecule has 0 bridgehead atoms. The molecule has 1 saturated heterocycles. The Bertz CT molecular complexity index is 840. The van der Waals surface area contributed by atoms with Gasteiger partial charge in [-0.2, -0.15) is 0 Å². The van der Waals surface area contributed by atoms with Crippen LogP contribution in [0.5, 0.6) is 0 Å². The van der Waals surface area contributed by atoms with Gasteiger partial charge in [-0.25, -0.2) is 0 Å². The molecule has 1 aromatic heterocycles. The average molecular weight is 382 g/mol. The maximum atomic E-state index is 5.94. The number of hydrogen-bond acceptors (Lipinski definition) is 4. The largest absolute Gasteiger partial charge is 0.369 e. The monoisotopic (exact) mass is 381 g/mol. The Morgan fingerprint density at radius 3 is 2.41 bits per heavy atom. The van der Waals surface area contributed by atoms with Gasteiger partial charge in [-0.1, -0.05) is 47.1 Å². The minimum absolute atomic E-state index is 0.731. The van der Waals surface area contributed by atoms with Crippen LogP contribution in [0.25, 0.3) is 11.3 Å². The van der Waals surface area contributed by atoms with E-state index in [0.717, 1.165) is 67.6 Å². The first-order valence-electron chi connectivity index (χ1n) is 9.52. The van der Waals surface area contributed by atoms with E-state index in [4.69, 9.17) is 16.1 Å². The number of benzene rings is 2. The van der Waals surface area contributed by atoms with Crippen LogP contribution in [0.3, 0.4) is 0 Å². The van der Waals surface area contributed by atoms with Gasteiger partial charge in [0.2, 0.25) is 0 Å². The third-order valence-corrected chi connectivity index (χ3v) is 5.34. The molecule has 5 heteroatoms. The summed E-state index contributed by atoms with van der Waals surface area (Å²) in [7, 11) is 0. The van der Waals surface area contributed by atoms with E-state index in [1.54, 1.807) is 0 Å². The topological polar surface area (TPSA) is 32.5 Å². The third-order valence-electron chi connectivity index (χ3n) is 5.09. The summed E-state index contributed by atoms with van der Waals surface area (Å²) < 4.78 is 5.50. The van der Waals surface area contributed by atoms with Gasteiger partial charge in [0.1, 0.15) is 11.5 Å². The summed E-state index contributed by atoms with van der Waals surface area (Å²) >= 11 is 5.94. The molecule has 0 amide bonds. The summed E-state index contributed by atoms with van der Waals surface area (Å²) in [4.78, 5) is 5.00. The average Bonchev–Trinajstić information content (AvgIpc) is 3.19. The molecule has 0 atom stereocenters. The van der Waals surface area contributed by atoms with Crippen molar-refractivity contribution in [1.82, 2.24) is 10.1 Å². The lowest BCUT2D eigenvalue weighted by molar-refractivity contribution is 0.251. The molecule has 2 heterocycles. The van der Waals surface area contributed by atoms with Gasteiger partial charge in [0.25, 0.3) is 0 Å². The molecule has 1 aliphatic heterocycles. The molecule has 0 spiro atoms. The molecule has 0 saturated carbocycles. The van der Waals surface area contributed by atoms with Crippen LogP contribution in [0.15, 0.2) is 65.2 Å². The van der Waals surface area contributed by atoms with Gasteiger partial charge < -0.3 is 9.42 Å². The summed E-state index contributed by atoms with van der Waals surface area (Å²) in [5.41, 5.74) is 3.23. The zero-order valence-electron chi connectivity index (χ0n) is 15.4. The molecule has 4 nitrogen and oxygen atoms in total. The number of anilines is 1. The number of halogens is 1. The van der Waals surface area contributed by atoms with Crippen molar-refractivity contribution in [3.63, 3.8) is 0 Å². The van der Waals surface area contributed by atoms with Crippen molar-refractivity contribution >= 4 is 17.3 Å². The second kappa shape index (κ2) is 8.59. The van der Waals surface area contributed by atoms with Gasteiger partial charge in [-0.15, -0.1) is 0 Å². The molecule has 0 N–H and O–H groups in total. The SMILES string of the molecule is Clc1ccc(-c2cc(CCCN3CCN(c4ccccc4)CC3)on2)cc1. The van der Waals surface area contributed by atoms with E-state index in [1.807, 2.05) is 30.3 Å². The molecule has 0 unspecified atom stereocenters. The number of aryl methyl sites for hydroxylation is 1. The van der Waals surface area contributed by atoms with Crippen LogP contribution in [-0.2, 0) is 6.42 Å². The van der Waals surface area contributed by atoms with Crippen LogP contribution in [0.1, 0.15) is 12.2 Å². The van der Waals surface area contributed by atoms with Gasteiger partial charge in [-0.05, 0) is 37.2 Å². The highest BCUT2D eigenvalue weighted by molar-refractivity contribution is 6.30. The van der Waals surface area contributed by atoms with Crippen LogP contribution in [0.4, 0.5) is 5.69 Å². The smallest absolute Gasteiger partial charge is 0.137 e. The summed E-state index contributed by atoms with van der Waals surface area (Å²) in [5, 5.41) is 4.92. The Labute approximate surface area is 165 Å². The number of rotatable bonds is 6. The molecule has 3 aromatic rings. The van der Waals surface area contributed by atoms with Crippen molar-refractivity contribution in [3.8, 4) is 11.3 Å². The third kappa shape index (κ3) is 4.71. The first-order chi connectivity index (χ1) is 13.3. The van der Waals surface area contributed by atoms with Crippen molar-refractivity contribution in [2.45, 2.75) is 12.8 Å². The fraction of sp³-hybridized carbons (Fsp3) is 0.318. The quantitative estimate of drug-likeness (QED) is 0.616. The fourth-order valence-corrected chi connectivity index (χ4v) is 3.66. The Balaban J connectivity index is 1.22. The molecule has 1 fully saturated rings. The molecule has 0 radical (unpaired) electrons. The van der Waals surface area contributed by atoms with E-state index in [2.05, 4.69) is 45.3 Å². The van der Waals surface area contributed by atoms with Gasteiger partial charge in [0, 0.05) is 54.9 Å². The molecule has 2 aromatic carbocycles. The lowest BCUT2D eigenvalue weighted by Gasteiger charge is -2.36. The Kier molecular flexibility index (Phi) is 5.75. The Morgan fingerprint density at radius 1 is 0.926 bits per heavy atom. The second-order valence-corrected chi connectivity index (χ2v) is 7.39. The van der Waals surface area contributed by atoms with Crippen molar-refractivity contribution < 1.29 is 4.52 Å². The summed E-state index contributed by atoms with van der Waals surface area (Å²) in [6, 6.07) is 20.4. The number of hydrogen-bond donors (Lipinski definition) is 0.